The number of hydrogen-bond acceptors (Lipinski definition) is 4. The average molecular weight is 258 g/mol. The van der Waals surface area contributed by atoms with Crippen molar-refractivity contribution >= 4 is 23.1 Å². The van der Waals surface area contributed by atoms with Gasteiger partial charge in [0.25, 0.3) is 0 Å². The van der Waals surface area contributed by atoms with Gasteiger partial charge in [0.05, 0.1) is 4.92 Å². The predicted molar refractivity (Wildman–Crippen MR) is 68.5 cm³/mol. The molecule has 5 nitrogen and oxygen atoms in total. The summed E-state index contributed by atoms with van der Waals surface area (Å²) in [6.45, 7) is 2.81. The molecule has 0 aliphatic rings. The van der Waals surface area contributed by atoms with Gasteiger partial charge in [-0.2, -0.15) is 0 Å². The number of nitrogens with zero attached hydrogens (tertiary/aromatic N) is 2. The smallest absolute Gasteiger partial charge is 0.311 e. The molecule has 6 heteroatoms. The molecule has 1 rings (SSSR count). The summed E-state index contributed by atoms with van der Waals surface area (Å²) in [4.78, 5) is 14.2. The number of pyridine rings is 1. The molecule has 1 heterocycles. The number of halogens is 1. The molecule has 0 saturated heterocycles. The lowest BCUT2D eigenvalue weighted by atomic mass is 10.2. The van der Waals surface area contributed by atoms with Crippen molar-refractivity contribution in [1.82, 2.24) is 4.98 Å². The first-order valence-electron chi connectivity index (χ1n) is 5.70. The quantitative estimate of drug-likeness (QED) is 0.350. The number of nitro groups is 1. The van der Waals surface area contributed by atoms with E-state index in [1.807, 2.05) is 0 Å². The van der Waals surface area contributed by atoms with Gasteiger partial charge in [-0.05, 0) is 12.5 Å². The Morgan fingerprint density at radius 3 is 2.82 bits per heavy atom. The second kappa shape index (κ2) is 7.06. The van der Waals surface area contributed by atoms with Gasteiger partial charge in [-0.1, -0.05) is 37.8 Å². The van der Waals surface area contributed by atoms with Gasteiger partial charge in [-0.15, -0.1) is 0 Å². The molecule has 1 aromatic rings. The number of unbranched alkanes of at least 4 members (excludes halogenated alkanes) is 3. The summed E-state index contributed by atoms with van der Waals surface area (Å²) >= 11 is 5.71. The Morgan fingerprint density at radius 2 is 2.18 bits per heavy atom. The first-order chi connectivity index (χ1) is 8.15. The molecule has 0 atom stereocenters. The predicted octanol–water partition coefficient (Wildman–Crippen LogP) is 3.64. The van der Waals surface area contributed by atoms with Gasteiger partial charge in [0, 0.05) is 12.6 Å². The molecule has 1 aromatic heterocycles. The number of nitrogens with one attached hydrogen (secondary N) is 1. The van der Waals surface area contributed by atoms with E-state index >= 15 is 0 Å². The third-order valence-electron chi connectivity index (χ3n) is 2.36. The molecule has 0 radical (unpaired) electrons. The van der Waals surface area contributed by atoms with E-state index in [0.717, 1.165) is 19.3 Å². The minimum atomic E-state index is -0.461. The Kier molecular flexibility index (Phi) is 5.69. The van der Waals surface area contributed by atoms with E-state index in [4.69, 9.17) is 11.6 Å². The second-order valence-corrected chi connectivity index (χ2v) is 4.13. The first-order valence-corrected chi connectivity index (χ1v) is 6.07. The summed E-state index contributed by atoms with van der Waals surface area (Å²) < 4.78 is 0. The van der Waals surface area contributed by atoms with Crippen molar-refractivity contribution < 1.29 is 4.92 Å². The average Bonchev–Trinajstić information content (AvgIpc) is 2.28. The van der Waals surface area contributed by atoms with Crippen LogP contribution in [0.15, 0.2) is 12.1 Å². The minimum Gasteiger partial charge on any atom is -0.364 e. The molecule has 0 bridgehead atoms. The summed E-state index contributed by atoms with van der Waals surface area (Å²) in [7, 11) is 0. The summed E-state index contributed by atoms with van der Waals surface area (Å²) in [6.07, 6.45) is 4.42. The Balaban J connectivity index is 2.56. The fourth-order valence-corrected chi connectivity index (χ4v) is 1.61. The van der Waals surface area contributed by atoms with Gasteiger partial charge in [-0.25, -0.2) is 4.98 Å². The Hall–Kier alpha value is -1.36. The maximum absolute atomic E-state index is 10.8. The molecule has 0 aliphatic carbocycles. The van der Waals surface area contributed by atoms with E-state index in [0.29, 0.717) is 6.54 Å². The number of hydrogen-bond donors (Lipinski definition) is 1. The van der Waals surface area contributed by atoms with Crippen LogP contribution in [0.25, 0.3) is 0 Å². The third kappa shape index (κ3) is 4.56. The van der Waals surface area contributed by atoms with Crippen LogP contribution in [0.5, 0.6) is 0 Å². The molecule has 0 amide bonds. The van der Waals surface area contributed by atoms with E-state index in [1.165, 1.54) is 18.6 Å². The monoisotopic (exact) mass is 257 g/mol. The van der Waals surface area contributed by atoms with Gasteiger partial charge < -0.3 is 5.32 Å². The molecule has 17 heavy (non-hydrogen) atoms. The topological polar surface area (TPSA) is 68.1 Å². The molecule has 0 saturated carbocycles. The van der Waals surface area contributed by atoms with Crippen LogP contribution in [0.1, 0.15) is 32.6 Å². The van der Waals surface area contributed by atoms with Crippen LogP contribution in [0.4, 0.5) is 11.5 Å². The van der Waals surface area contributed by atoms with E-state index < -0.39 is 4.92 Å². The van der Waals surface area contributed by atoms with Crippen LogP contribution in [0.3, 0.4) is 0 Å². The van der Waals surface area contributed by atoms with E-state index in [-0.39, 0.29) is 16.7 Å². The molecule has 0 spiro atoms. The standard InChI is InChI=1S/C11H16ClN3O2/c1-2-3-4-5-8-13-11-9(15(16)17)6-7-10(12)14-11/h6-7H,2-5,8H2,1H3,(H,13,14). The molecule has 0 fully saturated rings. The van der Waals surface area contributed by atoms with Crippen molar-refractivity contribution in [1.29, 1.82) is 0 Å². The third-order valence-corrected chi connectivity index (χ3v) is 2.57. The normalized spacial score (nSPS) is 10.2. The zero-order valence-electron chi connectivity index (χ0n) is 9.78. The van der Waals surface area contributed by atoms with Crippen molar-refractivity contribution in [3.63, 3.8) is 0 Å². The van der Waals surface area contributed by atoms with Gasteiger partial charge in [-0.3, -0.25) is 10.1 Å². The van der Waals surface area contributed by atoms with Gasteiger partial charge in [0.2, 0.25) is 5.82 Å². The number of anilines is 1. The van der Waals surface area contributed by atoms with Crippen molar-refractivity contribution in [3.8, 4) is 0 Å². The zero-order valence-corrected chi connectivity index (χ0v) is 10.5. The van der Waals surface area contributed by atoms with Crippen LogP contribution in [0.2, 0.25) is 5.15 Å². The molecule has 1 N–H and O–H groups in total. The minimum absolute atomic E-state index is 0.0371. The molecule has 0 aromatic carbocycles. The Labute approximate surface area is 105 Å². The van der Waals surface area contributed by atoms with Crippen LogP contribution in [-0.2, 0) is 0 Å². The SMILES string of the molecule is CCCCCCNc1nc(Cl)ccc1[N+](=O)[O-]. The van der Waals surface area contributed by atoms with Crippen molar-refractivity contribution in [3.05, 3.63) is 27.4 Å². The van der Waals surface area contributed by atoms with E-state index in [1.54, 1.807) is 0 Å². The van der Waals surface area contributed by atoms with E-state index in [9.17, 15) is 10.1 Å². The lowest BCUT2D eigenvalue weighted by molar-refractivity contribution is -0.384. The first kappa shape index (κ1) is 13.7. The zero-order chi connectivity index (χ0) is 12.7. The van der Waals surface area contributed by atoms with Crippen LogP contribution in [-0.4, -0.2) is 16.5 Å². The van der Waals surface area contributed by atoms with Crippen LogP contribution < -0.4 is 5.32 Å². The highest BCUT2D eigenvalue weighted by Crippen LogP contribution is 2.23. The largest absolute Gasteiger partial charge is 0.364 e. The molecule has 0 unspecified atom stereocenters. The van der Waals surface area contributed by atoms with Crippen molar-refractivity contribution in [2.75, 3.05) is 11.9 Å². The lowest BCUT2D eigenvalue weighted by Crippen LogP contribution is -2.06. The molecule has 0 aliphatic heterocycles. The van der Waals surface area contributed by atoms with Gasteiger partial charge in [0.15, 0.2) is 0 Å². The van der Waals surface area contributed by atoms with Crippen LogP contribution >= 0.6 is 11.6 Å². The highest BCUT2D eigenvalue weighted by atomic mass is 35.5. The van der Waals surface area contributed by atoms with Crippen molar-refractivity contribution in [2.45, 2.75) is 32.6 Å². The molecule has 94 valence electrons. The molecular formula is C11H16ClN3O2. The van der Waals surface area contributed by atoms with E-state index in [2.05, 4.69) is 17.2 Å². The Morgan fingerprint density at radius 1 is 1.41 bits per heavy atom. The summed E-state index contributed by atoms with van der Waals surface area (Å²) in [5.41, 5.74) is -0.0371. The molecular weight excluding hydrogens is 242 g/mol. The second-order valence-electron chi connectivity index (χ2n) is 3.75. The van der Waals surface area contributed by atoms with Crippen LogP contribution in [0, 0.1) is 10.1 Å². The summed E-state index contributed by atoms with van der Waals surface area (Å²) in [5, 5.41) is 14.0. The highest BCUT2D eigenvalue weighted by molar-refractivity contribution is 6.29. The maximum atomic E-state index is 10.8. The highest BCUT2D eigenvalue weighted by Gasteiger charge is 2.14. The summed E-state index contributed by atoms with van der Waals surface area (Å²) in [6, 6.07) is 2.78. The fourth-order valence-electron chi connectivity index (χ4n) is 1.46. The Bertz CT molecular complexity index is 385. The fraction of sp³-hybridized carbons (Fsp3) is 0.545. The van der Waals surface area contributed by atoms with Crippen molar-refractivity contribution in [2.24, 2.45) is 0 Å². The summed E-state index contributed by atoms with van der Waals surface area (Å²) in [5.74, 6) is 0.249. The van der Waals surface area contributed by atoms with Gasteiger partial charge in [0.1, 0.15) is 5.15 Å². The number of aromatic nitrogens is 1. The number of rotatable bonds is 7. The van der Waals surface area contributed by atoms with Gasteiger partial charge >= 0.3 is 5.69 Å². The lowest BCUT2D eigenvalue weighted by Gasteiger charge is -2.06. The maximum Gasteiger partial charge on any atom is 0.311 e.